The van der Waals surface area contributed by atoms with Gasteiger partial charge in [-0.25, -0.2) is 0 Å². The highest BCUT2D eigenvalue weighted by molar-refractivity contribution is 14.1. The molecule has 1 heterocycles. The Labute approximate surface area is 117 Å². The van der Waals surface area contributed by atoms with Gasteiger partial charge in [0.05, 0.1) is 11.1 Å². The van der Waals surface area contributed by atoms with E-state index in [1.165, 1.54) is 6.20 Å². The highest BCUT2D eigenvalue weighted by Crippen LogP contribution is 2.16. The molecule has 17 heavy (non-hydrogen) atoms. The summed E-state index contributed by atoms with van der Waals surface area (Å²) in [6, 6.07) is 5.49. The Balaban J connectivity index is 2.95. The van der Waals surface area contributed by atoms with Gasteiger partial charge in [-0.2, -0.15) is 0 Å². The summed E-state index contributed by atoms with van der Waals surface area (Å²) in [5.74, 6) is 0. The van der Waals surface area contributed by atoms with Crippen molar-refractivity contribution >= 4 is 50.3 Å². The fraction of sp³-hybridized carbons (Fsp3) is 0.167. The molecule has 0 bridgehead atoms. The molecule has 5 heteroatoms. The summed E-state index contributed by atoms with van der Waals surface area (Å²) in [5, 5.41) is -0.184. The van der Waals surface area contributed by atoms with Gasteiger partial charge in [0.25, 0.3) is 5.24 Å². The monoisotopic (exact) mass is 361 g/mol. The minimum atomic E-state index is -0.711. The molecule has 0 spiro atoms. The number of aryl methyl sites for hydroxylation is 1. The maximum Gasteiger partial charge on any atom is 0.257 e. The van der Waals surface area contributed by atoms with Crippen LogP contribution >= 0.6 is 34.2 Å². The fourth-order valence-electron chi connectivity index (χ4n) is 1.77. The Kier molecular flexibility index (Phi) is 3.53. The number of halogens is 2. The number of carbonyl (C=O) groups excluding carboxylic acids is 1. The molecule has 0 N–H and O–H groups in total. The molecule has 2 rings (SSSR count). The number of nitrogens with zero attached hydrogens (tertiary/aromatic N) is 1. The Bertz CT molecular complexity index is 663. The second kappa shape index (κ2) is 4.78. The van der Waals surface area contributed by atoms with Crippen LogP contribution in [0.15, 0.2) is 29.2 Å². The van der Waals surface area contributed by atoms with Gasteiger partial charge < -0.3 is 4.57 Å². The lowest BCUT2D eigenvalue weighted by Gasteiger charge is -2.10. The predicted octanol–water partition coefficient (Wildman–Crippen LogP) is 3.01. The quantitative estimate of drug-likeness (QED) is 0.609. The van der Waals surface area contributed by atoms with Crippen molar-refractivity contribution in [2.75, 3.05) is 0 Å². The summed E-state index contributed by atoms with van der Waals surface area (Å²) in [7, 11) is 0. The number of benzene rings is 1. The Morgan fingerprint density at radius 3 is 2.76 bits per heavy atom. The molecule has 2 aromatic rings. The summed E-state index contributed by atoms with van der Waals surface area (Å²) < 4.78 is 2.90. The second-order valence-electron chi connectivity index (χ2n) is 3.59. The first kappa shape index (κ1) is 12.6. The van der Waals surface area contributed by atoms with Crippen molar-refractivity contribution in [1.29, 1.82) is 0 Å². The van der Waals surface area contributed by atoms with Gasteiger partial charge in [0.2, 0.25) is 5.43 Å². The fourth-order valence-corrected chi connectivity index (χ4v) is 2.37. The molecule has 88 valence electrons. The highest BCUT2D eigenvalue weighted by Gasteiger charge is 2.13. The maximum atomic E-state index is 12.0. The molecular formula is C12H9ClINO2. The van der Waals surface area contributed by atoms with Crippen LogP contribution in [0.25, 0.3) is 10.9 Å². The molecule has 0 saturated heterocycles. The zero-order chi connectivity index (χ0) is 12.6. The lowest BCUT2D eigenvalue weighted by molar-refractivity contribution is 0.108. The van der Waals surface area contributed by atoms with Crippen molar-refractivity contribution in [3.63, 3.8) is 0 Å². The standard InChI is InChI=1S/C12H9ClINO2/c1-2-15-6-9(12(13)17)11(16)8-4-3-7(14)5-10(8)15/h3-6H,2H2,1H3. The summed E-state index contributed by atoms with van der Waals surface area (Å²) in [5.41, 5.74) is 0.550. The molecule has 0 radical (unpaired) electrons. The first-order valence-electron chi connectivity index (χ1n) is 5.07. The highest BCUT2D eigenvalue weighted by atomic mass is 127. The molecule has 0 atom stereocenters. The molecule has 3 nitrogen and oxygen atoms in total. The summed E-state index contributed by atoms with van der Waals surface area (Å²) in [6.45, 7) is 2.63. The van der Waals surface area contributed by atoms with E-state index in [1.54, 1.807) is 6.07 Å². The van der Waals surface area contributed by atoms with Crippen LogP contribution in [0.5, 0.6) is 0 Å². The molecule has 0 saturated carbocycles. The van der Waals surface area contributed by atoms with Crippen LogP contribution in [-0.2, 0) is 6.54 Å². The Morgan fingerprint density at radius 2 is 2.18 bits per heavy atom. The normalized spacial score (nSPS) is 10.8. The van der Waals surface area contributed by atoms with Gasteiger partial charge in [-0.3, -0.25) is 9.59 Å². The molecule has 0 aliphatic heterocycles. The third-order valence-electron chi connectivity index (χ3n) is 2.60. The van der Waals surface area contributed by atoms with Crippen LogP contribution < -0.4 is 5.43 Å². The predicted molar refractivity (Wildman–Crippen MR) is 76.8 cm³/mol. The smallest absolute Gasteiger partial charge is 0.257 e. The Morgan fingerprint density at radius 1 is 1.47 bits per heavy atom. The first-order chi connectivity index (χ1) is 8.04. The summed E-state index contributed by atoms with van der Waals surface area (Å²) >= 11 is 7.60. The van der Waals surface area contributed by atoms with Crippen LogP contribution in [0.2, 0.25) is 0 Å². The molecule has 1 aromatic carbocycles. The zero-order valence-corrected chi connectivity index (χ0v) is 11.9. The number of hydrogen-bond acceptors (Lipinski definition) is 2. The van der Waals surface area contributed by atoms with Crippen molar-refractivity contribution in [3.8, 4) is 0 Å². The van der Waals surface area contributed by atoms with E-state index in [9.17, 15) is 9.59 Å². The van der Waals surface area contributed by atoms with Crippen molar-refractivity contribution in [1.82, 2.24) is 4.57 Å². The molecule has 0 aliphatic rings. The summed E-state index contributed by atoms with van der Waals surface area (Å²) in [4.78, 5) is 23.2. The van der Waals surface area contributed by atoms with E-state index in [2.05, 4.69) is 22.6 Å². The SMILES string of the molecule is CCn1cc(C(=O)Cl)c(=O)c2ccc(I)cc21. The van der Waals surface area contributed by atoms with Crippen molar-refractivity contribution in [2.24, 2.45) is 0 Å². The van der Waals surface area contributed by atoms with E-state index in [0.717, 1.165) is 9.09 Å². The van der Waals surface area contributed by atoms with E-state index < -0.39 is 5.24 Å². The van der Waals surface area contributed by atoms with Gasteiger partial charge in [-0.05, 0) is 59.3 Å². The van der Waals surface area contributed by atoms with E-state index in [-0.39, 0.29) is 11.0 Å². The minimum Gasteiger partial charge on any atom is -0.347 e. The van der Waals surface area contributed by atoms with Crippen molar-refractivity contribution in [3.05, 3.63) is 43.8 Å². The third-order valence-corrected chi connectivity index (χ3v) is 3.47. The van der Waals surface area contributed by atoms with Crippen LogP contribution in [0.3, 0.4) is 0 Å². The molecule has 0 unspecified atom stereocenters. The Hall–Kier alpha value is -0.880. The zero-order valence-electron chi connectivity index (χ0n) is 9.04. The lowest BCUT2D eigenvalue weighted by Crippen LogP contribution is -2.16. The van der Waals surface area contributed by atoms with Gasteiger partial charge in [-0.15, -0.1) is 0 Å². The van der Waals surface area contributed by atoms with Gasteiger partial charge in [-0.1, -0.05) is 0 Å². The molecule has 1 aromatic heterocycles. The van der Waals surface area contributed by atoms with Crippen LogP contribution in [-0.4, -0.2) is 9.81 Å². The molecule has 0 amide bonds. The summed E-state index contributed by atoms with van der Waals surface area (Å²) in [6.07, 6.45) is 1.52. The second-order valence-corrected chi connectivity index (χ2v) is 5.18. The van der Waals surface area contributed by atoms with Gasteiger partial charge >= 0.3 is 0 Å². The van der Waals surface area contributed by atoms with Crippen molar-refractivity contribution < 1.29 is 4.79 Å². The number of pyridine rings is 1. The van der Waals surface area contributed by atoms with E-state index >= 15 is 0 Å². The largest absolute Gasteiger partial charge is 0.347 e. The average molecular weight is 362 g/mol. The number of fused-ring (bicyclic) bond motifs is 1. The molecular weight excluding hydrogens is 352 g/mol. The van der Waals surface area contributed by atoms with E-state index in [4.69, 9.17) is 11.6 Å². The minimum absolute atomic E-state index is 0.0298. The van der Waals surface area contributed by atoms with Gasteiger partial charge in [0.1, 0.15) is 0 Å². The number of rotatable bonds is 2. The van der Waals surface area contributed by atoms with Crippen molar-refractivity contribution in [2.45, 2.75) is 13.5 Å². The number of carbonyl (C=O) groups is 1. The van der Waals surface area contributed by atoms with Crippen LogP contribution in [0, 0.1) is 3.57 Å². The number of aromatic nitrogens is 1. The third kappa shape index (κ3) is 2.24. The van der Waals surface area contributed by atoms with E-state index in [1.807, 2.05) is 23.6 Å². The van der Waals surface area contributed by atoms with Crippen LogP contribution in [0.1, 0.15) is 17.3 Å². The average Bonchev–Trinajstić information content (AvgIpc) is 2.29. The van der Waals surface area contributed by atoms with Gasteiger partial charge in [0.15, 0.2) is 0 Å². The molecule has 0 fully saturated rings. The number of hydrogen-bond donors (Lipinski definition) is 0. The topological polar surface area (TPSA) is 39.1 Å². The molecule has 0 aliphatic carbocycles. The first-order valence-corrected chi connectivity index (χ1v) is 6.52. The lowest BCUT2D eigenvalue weighted by atomic mass is 10.1. The van der Waals surface area contributed by atoms with Gasteiger partial charge in [0, 0.05) is 21.7 Å². The maximum absolute atomic E-state index is 12.0. The van der Waals surface area contributed by atoms with Crippen LogP contribution in [0.4, 0.5) is 0 Å². The van der Waals surface area contributed by atoms with E-state index in [0.29, 0.717) is 11.9 Å².